The average Bonchev–Trinajstić information content (AvgIpc) is 2.30. The molecule has 5 nitrogen and oxygen atoms in total. The molecule has 0 radical (unpaired) electrons. The number of hydrogen-bond donors (Lipinski definition) is 2. The van der Waals surface area contributed by atoms with Crippen molar-refractivity contribution in [2.24, 2.45) is 11.7 Å². The van der Waals surface area contributed by atoms with Crippen LogP contribution in [-0.2, 0) is 4.79 Å². The lowest BCUT2D eigenvalue weighted by Gasteiger charge is -2.35. The summed E-state index contributed by atoms with van der Waals surface area (Å²) >= 11 is 0. The molecule has 1 amide bonds. The van der Waals surface area contributed by atoms with Crippen LogP contribution in [0.3, 0.4) is 0 Å². The van der Waals surface area contributed by atoms with E-state index in [1.165, 1.54) is 6.33 Å². The summed E-state index contributed by atoms with van der Waals surface area (Å²) in [4.78, 5) is 19.9. The van der Waals surface area contributed by atoms with Gasteiger partial charge in [-0.25, -0.2) is 9.97 Å². The molecule has 0 spiro atoms. The van der Waals surface area contributed by atoms with E-state index in [2.05, 4.69) is 22.2 Å². The van der Waals surface area contributed by atoms with Gasteiger partial charge in [-0.05, 0) is 18.8 Å². The van der Waals surface area contributed by atoms with Gasteiger partial charge in [0.25, 0.3) is 0 Å². The Morgan fingerprint density at radius 3 is 2.88 bits per heavy atom. The lowest BCUT2D eigenvalue weighted by Crippen LogP contribution is -2.53. The van der Waals surface area contributed by atoms with Crippen molar-refractivity contribution < 1.29 is 4.79 Å². The van der Waals surface area contributed by atoms with Crippen molar-refractivity contribution in [2.75, 3.05) is 5.32 Å². The molecule has 0 aromatic carbocycles. The van der Waals surface area contributed by atoms with Gasteiger partial charge in [-0.2, -0.15) is 0 Å². The van der Waals surface area contributed by atoms with Crippen molar-refractivity contribution in [3.05, 3.63) is 18.7 Å². The van der Waals surface area contributed by atoms with Gasteiger partial charge < -0.3 is 11.1 Å². The molecule has 1 saturated carbocycles. The number of nitrogens with one attached hydrogen (secondary N) is 1. The SMILES string of the molecule is CC1CCCC(N)(C(=O)Nc2cncnc2)C1. The van der Waals surface area contributed by atoms with E-state index in [1.54, 1.807) is 12.4 Å². The van der Waals surface area contributed by atoms with Crippen LogP contribution in [0.15, 0.2) is 18.7 Å². The average molecular weight is 234 g/mol. The van der Waals surface area contributed by atoms with Crippen LogP contribution in [0.2, 0.25) is 0 Å². The smallest absolute Gasteiger partial charge is 0.244 e. The summed E-state index contributed by atoms with van der Waals surface area (Å²) in [6, 6.07) is 0. The van der Waals surface area contributed by atoms with E-state index in [9.17, 15) is 4.79 Å². The minimum absolute atomic E-state index is 0.126. The number of carbonyl (C=O) groups is 1. The summed E-state index contributed by atoms with van der Waals surface area (Å²) in [6.07, 6.45) is 8.22. The third kappa shape index (κ3) is 2.79. The summed E-state index contributed by atoms with van der Waals surface area (Å²) in [5.74, 6) is 0.380. The van der Waals surface area contributed by atoms with Crippen molar-refractivity contribution in [2.45, 2.75) is 38.1 Å². The second kappa shape index (κ2) is 4.79. The monoisotopic (exact) mass is 234 g/mol. The Morgan fingerprint density at radius 1 is 1.53 bits per heavy atom. The molecule has 1 aromatic heterocycles. The second-order valence-corrected chi connectivity index (χ2v) is 4.94. The number of carbonyl (C=O) groups excluding carboxylic acids is 1. The zero-order valence-electron chi connectivity index (χ0n) is 10.0. The van der Waals surface area contributed by atoms with Crippen LogP contribution in [0.5, 0.6) is 0 Å². The largest absolute Gasteiger partial charge is 0.322 e. The summed E-state index contributed by atoms with van der Waals surface area (Å²) in [5, 5.41) is 2.78. The Kier molecular flexibility index (Phi) is 3.38. The van der Waals surface area contributed by atoms with Crippen molar-refractivity contribution >= 4 is 11.6 Å². The predicted octanol–water partition coefficient (Wildman–Crippen LogP) is 1.32. The molecule has 5 heteroatoms. The van der Waals surface area contributed by atoms with Crippen molar-refractivity contribution in [3.63, 3.8) is 0 Å². The zero-order valence-corrected chi connectivity index (χ0v) is 10.0. The Bertz CT molecular complexity index is 395. The first-order valence-corrected chi connectivity index (χ1v) is 5.95. The summed E-state index contributed by atoms with van der Waals surface area (Å²) in [7, 11) is 0. The van der Waals surface area contributed by atoms with Gasteiger partial charge in [0.1, 0.15) is 6.33 Å². The fourth-order valence-electron chi connectivity index (χ4n) is 2.42. The van der Waals surface area contributed by atoms with Crippen molar-refractivity contribution in [1.29, 1.82) is 0 Å². The van der Waals surface area contributed by atoms with Crippen LogP contribution >= 0.6 is 0 Å². The highest BCUT2D eigenvalue weighted by Crippen LogP contribution is 2.31. The van der Waals surface area contributed by atoms with Gasteiger partial charge in [-0.1, -0.05) is 19.8 Å². The maximum Gasteiger partial charge on any atom is 0.244 e. The Labute approximate surface area is 101 Å². The summed E-state index contributed by atoms with van der Waals surface area (Å²) in [5.41, 5.74) is 6.04. The number of anilines is 1. The van der Waals surface area contributed by atoms with Gasteiger partial charge >= 0.3 is 0 Å². The lowest BCUT2D eigenvalue weighted by molar-refractivity contribution is -0.122. The van der Waals surface area contributed by atoms with Crippen LogP contribution in [0.1, 0.15) is 32.6 Å². The Morgan fingerprint density at radius 2 is 2.24 bits per heavy atom. The molecule has 2 atom stereocenters. The van der Waals surface area contributed by atoms with Gasteiger partial charge in [0.05, 0.1) is 23.6 Å². The molecule has 1 fully saturated rings. The molecule has 2 unspecified atom stereocenters. The quantitative estimate of drug-likeness (QED) is 0.808. The summed E-state index contributed by atoms with van der Waals surface area (Å²) < 4.78 is 0. The molecule has 0 aliphatic heterocycles. The first-order chi connectivity index (χ1) is 8.10. The number of aromatic nitrogens is 2. The van der Waals surface area contributed by atoms with E-state index < -0.39 is 5.54 Å². The molecule has 0 saturated heterocycles. The normalized spacial score (nSPS) is 28.7. The molecule has 1 aromatic rings. The van der Waals surface area contributed by atoms with E-state index in [1.807, 2.05) is 0 Å². The number of nitrogens with zero attached hydrogens (tertiary/aromatic N) is 2. The molecule has 2 rings (SSSR count). The fourth-order valence-corrected chi connectivity index (χ4v) is 2.42. The minimum Gasteiger partial charge on any atom is -0.322 e. The molecular formula is C12H18N4O. The van der Waals surface area contributed by atoms with Crippen LogP contribution in [-0.4, -0.2) is 21.4 Å². The highest BCUT2D eigenvalue weighted by molar-refractivity contribution is 5.97. The molecule has 92 valence electrons. The molecule has 17 heavy (non-hydrogen) atoms. The number of amides is 1. The third-order valence-electron chi connectivity index (χ3n) is 3.30. The third-order valence-corrected chi connectivity index (χ3v) is 3.30. The van der Waals surface area contributed by atoms with E-state index in [4.69, 9.17) is 5.73 Å². The highest BCUT2D eigenvalue weighted by Gasteiger charge is 2.37. The van der Waals surface area contributed by atoms with Gasteiger partial charge in [0.2, 0.25) is 5.91 Å². The van der Waals surface area contributed by atoms with Crippen molar-refractivity contribution in [1.82, 2.24) is 9.97 Å². The fraction of sp³-hybridized carbons (Fsp3) is 0.583. The van der Waals surface area contributed by atoms with Gasteiger partial charge in [-0.15, -0.1) is 0 Å². The molecule has 3 N–H and O–H groups in total. The minimum atomic E-state index is -0.743. The number of hydrogen-bond acceptors (Lipinski definition) is 4. The van der Waals surface area contributed by atoms with Crippen LogP contribution in [0.25, 0.3) is 0 Å². The standard InChI is InChI=1S/C12H18N4O/c1-9-3-2-4-12(13,5-9)11(17)16-10-6-14-8-15-7-10/h6-9H,2-5,13H2,1H3,(H,16,17). The topological polar surface area (TPSA) is 80.9 Å². The molecule has 0 bridgehead atoms. The molecule has 1 aliphatic rings. The number of rotatable bonds is 2. The molecule has 1 aliphatic carbocycles. The van der Waals surface area contributed by atoms with E-state index in [0.717, 1.165) is 25.7 Å². The zero-order chi connectivity index (χ0) is 12.3. The first kappa shape index (κ1) is 12.0. The predicted molar refractivity (Wildman–Crippen MR) is 65.2 cm³/mol. The number of nitrogens with two attached hydrogens (primary N) is 1. The van der Waals surface area contributed by atoms with Gasteiger partial charge in [-0.3, -0.25) is 4.79 Å². The highest BCUT2D eigenvalue weighted by atomic mass is 16.2. The van der Waals surface area contributed by atoms with Gasteiger partial charge in [0, 0.05) is 0 Å². The lowest BCUT2D eigenvalue weighted by atomic mass is 9.76. The molecule has 1 heterocycles. The van der Waals surface area contributed by atoms with E-state index >= 15 is 0 Å². The maximum absolute atomic E-state index is 12.1. The van der Waals surface area contributed by atoms with Crippen LogP contribution < -0.4 is 11.1 Å². The van der Waals surface area contributed by atoms with Crippen LogP contribution in [0.4, 0.5) is 5.69 Å². The second-order valence-electron chi connectivity index (χ2n) is 4.94. The van der Waals surface area contributed by atoms with E-state index in [0.29, 0.717) is 11.6 Å². The Hall–Kier alpha value is -1.49. The maximum atomic E-state index is 12.1. The Balaban J connectivity index is 2.04. The first-order valence-electron chi connectivity index (χ1n) is 5.95. The van der Waals surface area contributed by atoms with Gasteiger partial charge in [0.15, 0.2) is 0 Å². The molecular weight excluding hydrogens is 216 g/mol. The summed E-state index contributed by atoms with van der Waals surface area (Å²) in [6.45, 7) is 2.14. The van der Waals surface area contributed by atoms with E-state index in [-0.39, 0.29) is 5.91 Å². The van der Waals surface area contributed by atoms with Crippen LogP contribution in [0, 0.1) is 5.92 Å². The van der Waals surface area contributed by atoms with Crippen molar-refractivity contribution in [3.8, 4) is 0 Å².